The van der Waals surface area contributed by atoms with Crippen molar-refractivity contribution in [2.75, 3.05) is 6.61 Å². The van der Waals surface area contributed by atoms with Crippen molar-refractivity contribution >= 4 is 12.0 Å². The zero-order valence-electron chi connectivity index (χ0n) is 11.8. The van der Waals surface area contributed by atoms with E-state index >= 15 is 0 Å². The van der Waals surface area contributed by atoms with Gasteiger partial charge in [-0.1, -0.05) is 38.5 Å². The quantitative estimate of drug-likeness (QED) is 0.758. The van der Waals surface area contributed by atoms with Gasteiger partial charge in [-0.3, -0.25) is 0 Å². The fourth-order valence-electron chi connectivity index (χ4n) is 1.97. The molecule has 0 aliphatic heterocycles. The average Bonchev–Trinajstić information content (AvgIpc) is 2.35. The van der Waals surface area contributed by atoms with Gasteiger partial charge in [0.1, 0.15) is 5.75 Å². The molecule has 1 N–H and O–H groups in total. The lowest BCUT2D eigenvalue weighted by Crippen LogP contribution is -2.09. The maximum atomic E-state index is 10.6. The molecule has 1 rings (SSSR count). The molecule has 1 atom stereocenters. The fourth-order valence-corrected chi connectivity index (χ4v) is 1.97. The van der Waals surface area contributed by atoms with E-state index < -0.39 is 5.97 Å². The third-order valence-electron chi connectivity index (χ3n) is 2.94. The van der Waals surface area contributed by atoms with E-state index in [0.29, 0.717) is 12.5 Å². The van der Waals surface area contributed by atoms with Gasteiger partial charge in [0.2, 0.25) is 0 Å². The predicted molar refractivity (Wildman–Crippen MR) is 77.4 cm³/mol. The maximum absolute atomic E-state index is 10.6. The van der Waals surface area contributed by atoms with Gasteiger partial charge < -0.3 is 9.84 Å². The Morgan fingerprint density at radius 3 is 2.84 bits per heavy atom. The van der Waals surface area contributed by atoms with Crippen LogP contribution in [-0.4, -0.2) is 17.7 Å². The minimum Gasteiger partial charge on any atom is -0.492 e. The Morgan fingerprint density at radius 2 is 2.21 bits per heavy atom. The van der Waals surface area contributed by atoms with Crippen molar-refractivity contribution in [3.63, 3.8) is 0 Å². The first-order valence-electron chi connectivity index (χ1n) is 6.68. The highest BCUT2D eigenvalue weighted by molar-refractivity contribution is 5.86. The van der Waals surface area contributed by atoms with E-state index in [1.165, 1.54) is 0 Å². The number of aryl methyl sites for hydroxylation is 1. The molecule has 1 aromatic rings. The third-order valence-corrected chi connectivity index (χ3v) is 2.94. The number of para-hydroxylation sites is 1. The summed E-state index contributed by atoms with van der Waals surface area (Å²) >= 11 is 0. The molecule has 0 radical (unpaired) electrons. The molecule has 104 valence electrons. The van der Waals surface area contributed by atoms with Crippen LogP contribution in [-0.2, 0) is 4.79 Å². The lowest BCUT2D eigenvalue weighted by Gasteiger charge is -2.15. The summed E-state index contributed by atoms with van der Waals surface area (Å²) in [7, 11) is 0. The summed E-state index contributed by atoms with van der Waals surface area (Å²) in [6.45, 7) is 6.95. The Bertz CT molecular complexity index is 449. The Hall–Kier alpha value is -1.77. The van der Waals surface area contributed by atoms with Crippen molar-refractivity contribution in [1.29, 1.82) is 0 Å². The zero-order chi connectivity index (χ0) is 14.3. The second kappa shape index (κ2) is 7.62. The van der Waals surface area contributed by atoms with Gasteiger partial charge >= 0.3 is 5.97 Å². The molecule has 0 amide bonds. The molecule has 0 bridgehead atoms. The Kier molecular flexibility index (Phi) is 6.13. The van der Waals surface area contributed by atoms with E-state index in [-0.39, 0.29) is 0 Å². The number of hydrogen-bond donors (Lipinski definition) is 1. The van der Waals surface area contributed by atoms with E-state index in [2.05, 4.69) is 13.8 Å². The van der Waals surface area contributed by atoms with Gasteiger partial charge in [-0.15, -0.1) is 0 Å². The zero-order valence-corrected chi connectivity index (χ0v) is 11.8. The molecule has 0 saturated carbocycles. The van der Waals surface area contributed by atoms with Crippen LogP contribution in [0.4, 0.5) is 0 Å². The number of ether oxygens (including phenoxy) is 1. The van der Waals surface area contributed by atoms with Gasteiger partial charge in [0.25, 0.3) is 0 Å². The first-order chi connectivity index (χ1) is 9.04. The van der Waals surface area contributed by atoms with Crippen LogP contribution in [0.3, 0.4) is 0 Å². The lowest BCUT2D eigenvalue weighted by molar-refractivity contribution is -0.131. The van der Waals surface area contributed by atoms with Crippen LogP contribution in [0.25, 0.3) is 6.08 Å². The van der Waals surface area contributed by atoms with E-state index in [1.807, 2.05) is 25.1 Å². The summed E-state index contributed by atoms with van der Waals surface area (Å²) < 4.78 is 5.87. The number of benzene rings is 1. The van der Waals surface area contributed by atoms with Crippen LogP contribution in [0.15, 0.2) is 24.3 Å². The van der Waals surface area contributed by atoms with Crippen molar-refractivity contribution in [2.24, 2.45) is 5.92 Å². The van der Waals surface area contributed by atoms with Crippen molar-refractivity contribution in [1.82, 2.24) is 0 Å². The van der Waals surface area contributed by atoms with Gasteiger partial charge in [-0.25, -0.2) is 4.79 Å². The molecule has 1 aromatic carbocycles. The number of carboxylic acids is 1. The Balaban J connectivity index is 2.83. The first kappa shape index (κ1) is 15.3. The molecule has 0 spiro atoms. The lowest BCUT2D eigenvalue weighted by atomic mass is 10.1. The van der Waals surface area contributed by atoms with E-state index in [9.17, 15) is 4.79 Å². The smallest absolute Gasteiger partial charge is 0.328 e. The highest BCUT2D eigenvalue weighted by atomic mass is 16.5. The molecule has 3 heteroatoms. The summed E-state index contributed by atoms with van der Waals surface area (Å²) in [6, 6.07) is 5.74. The minimum absolute atomic E-state index is 0.501. The van der Waals surface area contributed by atoms with Crippen LogP contribution < -0.4 is 4.74 Å². The molecule has 0 aliphatic rings. The predicted octanol–water partition coefficient (Wildman–Crippen LogP) is 3.91. The number of rotatable bonds is 7. The molecular weight excluding hydrogens is 240 g/mol. The standard InChI is InChI=1S/C16H22O3/c1-4-6-12(2)11-19-16-13(3)7-5-8-14(16)9-10-15(17)18/h5,7-10,12H,4,6,11H2,1-3H3,(H,17,18)/b10-9+. The number of aliphatic carboxylic acids is 1. The summed E-state index contributed by atoms with van der Waals surface area (Å²) in [5, 5.41) is 8.70. The molecular formula is C16H22O3. The highest BCUT2D eigenvalue weighted by Gasteiger charge is 2.07. The first-order valence-corrected chi connectivity index (χ1v) is 6.68. The summed E-state index contributed by atoms with van der Waals surface area (Å²) in [5.74, 6) is 0.329. The summed E-state index contributed by atoms with van der Waals surface area (Å²) in [5.41, 5.74) is 1.84. The molecule has 19 heavy (non-hydrogen) atoms. The normalized spacial score (nSPS) is 12.6. The van der Waals surface area contributed by atoms with Crippen molar-refractivity contribution in [3.05, 3.63) is 35.4 Å². The van der Waals surface area contributed by atoms with Crippen molar-refractivity contribution in [2.45, 2.75) is 33.6 Å². The number of hydrogen-bond acceptors (Lipinski definition) is 2. The van der Waals surface area contributed by atoms with Crippen molar-refractivity contribution in [3.8, 4) is 5.75 Å². The second-order valence-electron chi connectivity index (χ2n) is 4.87. The summed E-state index contributed by atoms with van der Waals surface area (Å²) in [6.07, 6.45) is 4.99. The molecule has 0 saturated heterocycles. The number of carbonyl (C=O) groups is 1. The molecule has 0 aliphatic carbocycles. The van der Waals surface area contributed by atoms with Gasteiger partial charge in [-0.2, -0.15) is 0 Å². The molecule has 3 nitrogen and oxygen atoms in total. The average molecular weight is 262 g/mol. The van der Waals surface area contributed by atoms with Crippen LogP contribution in [0, 0.1) is 12.8 Å². The van der Waals surface area contributed by atoms with E-state index in [1.54, 1.807) is 6.08 Å². The SMILES string of the molecule is CCCC(C)COc1c(C)cccc1/C=C/C(=O)O. The van der Waals surface area contributed by atoms with Crippen LogP contribution in [0.2, 0.25) is 0 Å². The molecule has 0 heterocycles. The van der Waals surface area contributed by atoms with Crippen LogP contribution >= 0.6 is 0 Å². The van der Waals surface area contributed by atoms with Crippen molar-refractivity contribution < 1.29 is 14.6 Å². The van der Waals surface area contributed by atoms with Crippen LogP contribution in [0.1, 0.15) is 37.8 Å². The Morgan fingerprint density at radius 1 is 1.47 bits per heavy atom. The topological polar surface area (TPSA) is 46.5 Å². The van der Waals surface area contributed by atoms with Gasteiger partial charge in [0.15, 0.2) is 0 Å². The Labute approximate surface area is 114 Å². The third kappa shape index (κ3) is 5.16. The maximum Gasteiger partial charge on any atom is 0.328 e. The second-order valence-corrected chi connectivity index (χ2v) is 4.87. The van der Waals surface area contributed by atoms with Gasteiger partial charge in [-0.05, 0) is 30.9 Å². The molecule has 1 unspecified atom stereocenters. The minimum atomic E-state index is -0.952. The fraction of sp³-hybridized carbons (Fsp3) is 0.438. The summed E-state index contributed by atoms with van der Waals surface area (Å²) in [4.78, 5) is 10.6. The number of carboxylic acid groups (broad SMARTS) is 1. The van der Waals surface area contributed by atoms with E-state index in [4.69, 9.17) is 9.84 Å². The van der Waals surface area contributed by atoms with Gasteiger partial charge in [0.05, 0.1) is 6.61 Å². The molecule has 0 aromatic heterocycles. The molecule has 0 fully saturated rings. The van der Waals surface area contributed by atoms with E-state index in [0.717, 1.165) is 35.8 Å². The largest absolute Gasteiger partial charge is 0.492 e. The van der Waals surface area contributed by atoms with Gasteiger partial charge in [0, 0.05) is 11.6 Å². The monoisotopic (exact) mass is 262 g/mol. The highest BCUT2D eigenvalue weighted by Crippen LogP contribution is 2.25. The van der Waals surface area contributed by atoms with Crippen LogP contribution in [0.5, 0.6) is 5.75 Å².